The number of nitrogens with one attached hydrogen (secondary N) is 1. The first kappa shape index (κ1) is 12.9. The summed E-state index contributed by atoms with van der Waals surface area (Å²) in [5.74, 6) is 0. The van der Waals surface area contributed by atoms with Gasteiger partial charge in [-0.3, -0.25) is 4.98 Å². The predicted octanol–water partition coefficient (Wildman–Crippen LogP) is 4.33. The smallest absolute Gasteiger partial charge is 0.0688 e. The first-order chi connectivity index (χ1) is 9.70. The maximum Gasteiger partial charge on any atom is 0.0688 e. The molecule has 0 unspecified atom stereocenters. The molecule has 0 aliphatic carbocycles. The number of fused-ring (bicyclic) bond motifs is 1. The summed E-state index contributed by atoms with van der Waals surface area (Å²) in [5, 5.41) is 1.37. The average molecular weight is 264 g/mol. The van der Waals surface area contributed by atoms with E-state index in [1.165, 1.54) is 33.3 Å². The van der Waals surface area contributed by atoms with E-state index in [0.717, 1.165) is 18.5 Å². The Hall–Kier alpha value is -2.09. The van der Waals surface area contributed by atoms with E-state index in [0.29, 0.717) is 0 Å². The Kier molecular flexibility index (Phi) is 3.31. The number of H-pyrrole nitrogens is 1. The van der Waals surface area contributed by atoms with Crippen molar-refractivity contribution in [3.05, 3.63) is 64.6 Å². The van der Waals surface area contributed by atoms with Gasteiger partial charge in [-0.1, -0.05) is 37.3 Å². The van der Waals surface area contributed by atoms with E-state index in [-0.39, 0.29) is 0 Å². The number of hydrogen-bond acceptors (Lipinski definition) is 1. The van der Waals surface area contributed by atoms with Crippen molar-refractivity contribution in [3.63, 3.8) is 0 Å². The van der Waals surface area contributed by atoms with Gasteiger partial charge in [-0.25, -0.2) is 0 Å². The van der Waals surface area contributed by atoms with Crippen LogP contribution in [-0.4, -0.2) is 9.97 Å². The van der Waals surface area contributed by atoms with Crippen molar-refractivity contribution in [2.24, 2.45) is 0 Å². The number of pyridine rings is 1. The second-order valence-electron chi connectivity index (χ2n) is 5.37. The number of aromatic amines is 1. The van der Waals surface area contributed by atoms with E-state index in [9.17, 15) is 0 Å². The SMILES string of the molecule is CCc1cnc(Cc2ccccc2)c2[nH]c(C)c(C)c12. The van der Waals surface area contributed by atoms with Gasteiger partial charge in [-0.2, -0.15) is 0 Å². The average Bonchev–Trinajstić information content (AvgIpc) is 2.77. The molecule has 2 heterocycles. The van der Waals surface area contributed by atoms with Gasteiger partial charge in [-0.05, 0) is 37.0 Å². The molecule has 0 saturated heterocycles. The van der Waals surface area contributed by atoms with Gasteiger partial charge >= 0.3 is 0 Å². The van der Waals surface area contributed by atoms with Crippen LogP contribution in [0, 0.1) is 13.8 Å². The van der Waals surface area contributed by atoms with Gasteiger partial charge in [0.15, 0.2) is 0 Å². The zero-order valence-corrected chi connectivity index (χ0v) is 12.3. The molecule has 0 fully saturated rings. The number of hydrogen-bond donors (Lipinski definition) is 1. The summed E-state index contributed by atoms with van der Waals surface area (Å²) in [6, 6.07) is 10.5. The highest BCUT2D eigenvalue weighted by Crippen LogP contribution is 2.28. The molecule has 2 nitrogen and oxygen atoms in total. The van der Waals surface area contributed by atoms with Crippen LogP contribution in [0.5, 0.6) is 0 Å². The van der Waals surface area contributed by atoms with E-state index in [1.54, 1.807) is 0 Å². The van der Waals surface area contributed by atoms with E-state index in [2.05, 4.69) is 56.1 Å². The third-order valence-corrected chi connectivity index (χ3v) is 4.08. The van der Waals surface area contributed by atoms with Gasteiger partial charge in [0, 0.05) is 23.7 Å². The lowest BCUT2D eigenvalue weighted by atomic mass is 10.0. The minimum Gasteiger partial charge on any atom is -0.357 e. The van der Waals surface area contributed by atoms with Crippen LogP contribution >= 0.6 is 0 Å². The van der Waals surface area contributed by atoms with Crippen LogP contribution in [0.25, 0.3) is 10.9 Å². The lowest BCUT2D eigenvalue weighted by molar-refractivity contribution is 1.05. The van der Waals surface area contributed by atoms with Crippen molar-refractivity contribution in [3.8, 4) is 0 Å². The summed E-state index contributed by atoms with van der Waals surface area (Å²) in [6.45, 7) is 6.52. The normalized spacial score (nSPS) is 11.2. The molecule has 1 N–H and O–H groups in total. The Bertz CT molecular complexity index is 739. The van der Waals surface area contributed by atoms with Crippen molar-refractivity contribution >= 4 is 10.9 Å². The predicted molar refractivity (Wildman–Crippen MR) is 84.2 cm³/mol. The number of benzene rings is 1. The molecule has 1 aromatic carbocycles. The second kappa shape index (κ2) is 5.12. The lowest BCUT2D eigenvalue weighted by Crippen LogP contribution is -1.96. The Morgan fingerprint density at radius 3 is 2.55 bits per heavy atom. The maximum atomic E-state index is 4.70. The molecule has 20 heavy (non-hydrogen) atoms. The summed E-state index contributed by atoms with van der Waals surface area (Å²) < 4.78 is 0. The van der Waals surface area contributed by atoms with Crippen molar-refractivity contribution < 1.29 is 0 Å². The van der Waals surface area contributed by atoms with Crippen LogP contribution in [-0.2, 0) is 12.8 Å². The summed E-state index contributed by atoms with van der Waals surface area (Å²) in [4.78, 5) is 8.22. The van der Waals surface area contributed by atoms with Gasteiger partial charge < -0.3 is 4.98 Å². The first-order valence-corrected chi connectivity index (χ1v) is 7.20. The summed E-state index contributed by atoms with van der Waals surface area (Å²) in [7, 11) is 0. The van der Waals surface area contributed by atoms with E-state index in [1.807, 2.05) is 6.20 Å². The van der Waals surface area contributed by atoms with Crippen molar-refractivity contribution in [1.29, 1.82) is 0 Å². The van der Waals surface area contributed by atoms with Crippen LogP contribution in [0.3, 0.4) is 0 Å². The molecule has 0 aliphatic heterocycles. The third-order valence-electron chi connectivity index (χ3n) is 4.08. The van der Waals surface area contributed by atoms with E-state index >= 15 is 0 Å². The van der Waals surface area contributed by atoms with Gasteiger partial charge in [-0.15, -0.1) is 0 Å². The monoisotopic (exact) mass is 264 g/mol. The molecule has 0 radical (unpaired) electrons. The second-order valence-corrected chi connectivity index (χ2v) is 5.37. The number of aromatic nitrogens is 2. The Morgan fingerprint density at radius 1 is 1.10 bits per heavy atom. The molecular weight excluding hydrogens is 244 g/mol. The highest BCUT2D eigenvalue weighted by Gasteiger charge is 2.13. The highest BCUT2D eigenvalue weighted by atomic mass is 14.8. The standard InChI is InChI=1S/C18H20N2/c1-4-15-11-19-16(10-14-8-6-5-7-9-14)18-17(15)12(2)13(3)20-18/h5-9,11,20H,4,10H2,1-3H3. The largest absolute Gasteiger partial charge is 0.357 e. The Labute approximate surface area is 119 Å². The topological polar surface area (TPSA) is 28.7 Å². The fourth-order valence-corrected chi connectivity index (χ4v) is 2.81. The quantitative estimate of drug-likeness (QED) is 0.749. The molecule has 102 valence electrons. The molecule has 0 atom stereocenters. The fourth-order valence-electron chi connectivity index (χ4n) is 2.81. The highest BCUT2D eigenvalue weighted by molar-refractivity contribution is 5.89. The van der Waals surface area contributed by atoms with Gasteiger partial charge in [0.05, 0.1) is 11.2 Å². The van der Waals surface area contributed by atoms with E-state index < -0.39 is 0 Å². The van der Waals surface area contributed by atoms with Crippen molar-refractivity contribution in [2.45, 2.75) is 33.6 Å². The Morgan fingerprint density at radius 2 is 1.85 bits per heavy atom. The van der Waals surface area contributed by atoms with Gasteiger partial charge in [0.25, 0.3) is 0 Å². The third kappa shape index (κ3) is 2.11. The van der Waals surface area contributed by atoms with E-state index in [4.69, 9.17) is 4.98 Å². The van der Waals surface area contributed by atoms with Crippen LogP contribution in [0.1, 0.15) is 35.0 Å². The molecule has 0 aliphatic rings. The van der Waals surface area contributed by atoms with Crippen LogP contribution in [0.2, 0.25) is 0 Å². The summed E-state index contributed by atoms with van der Waals surface area (Å²) >= 11 is 0. The number of nitrogens with zero attached hydrogens (tertiary/aromatic N) is 1. The minimum absolute atomic E-state index is 0.876. The molecular formula is C18H20N2. The molecule has 0 bridgehead atoms. The van der Waals surface area contributed by atoms with Crippen molar-refractivity contribution in [1.82, 2.24) is 9.97 Å². The zero-order valence-electron chi connectivity index (χ0n) is 12.3. The summed E-state index contributed by atoms with van der Waals surface area (Å²) in [5.41, 5.74) is 7.59. The minimum atomic E-state index is 0.876. The van der Waals surface area contributed by atoms with Gasteiger partial charge in [0.2, 0.25) is 0 Å². The number of aryl methyl sites for hydroxylation is 3. The number of rotatable bonds is 3. The maximum absolute atomic E-state index is 4.70. The van der Waals surface area contributed by atoms with Crippen molar-refractivity contribution in [2.75, 3.05) is 0 Å². The van der Waals surface area contributed by atoms with Crippen LogP contribution in [0.4, 0.5) is 0 Å². The molecule has 3 rings (SSSR count). The molecule has 0 amide bonds. The first-order valence-electron chi connectivity index (χ1n) is 7.20. The summed E-state index contributed by atoms with van der Waals surface area (Å²) in [6.07, 6.45) is 3.94. The molecule has 3 aromatic rings. The Balaban J connectivity index is 2.15. The molecule has 0 saturated carbocycles. The molecule has 2 heteroatoms. The fraction of sp³-hybridized carbons (Fsp3) is 0.278. The molecule has 2 aromatic heterocycles. The van der Waals surface area contributed by atoms with Crippen LogP contribution < -0.4 is 0 Å². The zero-order chi connectivity index (χ0) is 14.1. The lowest BCUT2D eigenvalue weighted by Gasteiger charge is -2.07. The van der Waals surface area contributed by atoms with Crippen LogP contribution in [0.15, 0.2) is 36.5 Å². The molecule has 0 spiro atoms. The van der Waals surface area contributed by atoms with Gasteiger partial charge in [0.1, 0.15) is 0 Å².